The summed E-state index contributed by atoms with van der Waals surface area (Å²) in [4.78, 5) is 11.8. The molecule has 92 valence electrons. The van der Waals surface area contributed by atoms with Crippen LogP contribution in [0.25, 0.3) is 0 Å². The molecule has 1 unspecified atom stereocenters. The monoisotopic (exact) mass is 299 g/mol. The van der Waals surface area contributed by atoms with Gasteiger partial charge in [0, 0.05) is 23.5 Å². The molecule has 0 saturated carbocycles. The second-order valence-electron chi connectivity index (χ2n) is 4.10. The average Bonchev–Trinajstić information content (AvgIpc) is 2.78. The zero-order valence-electron chi connectivity index (χ0n) is 9.28. The van der Waals surface area contributed by atoms with Gasteiger partial charge in [0.1, 0.15) is 5.75 Å². The highest BCUT2D eigenvalue weighted by Gasteiger charge is 2.17. The molecule has 0 spiro atoms. The smallest absolute Gasteiger partial charge is 0.255 e. The van der Waals surface area contributed by atoms with Gasteiger partial charge in [-0.1, -0.05) is 15.9 Å². The van der Waals surface area contributed by atoms with Gasteiger partial charge in [0.15, 0.2) is 0 Å². The number of amides is 1. The predicted molar refractivity (Wildman–Crippen MR) is 67.1 cm³/mol. The van der Waals surface area contributed by atoms with Crippen molar-refractivity contribution in [3.05, 3.63) is 28.2 Å². The number of ether oxygens (including phenoxy) is 1. The Kier molecular flexibility index (Phi) is 4.02. The van der Waals surface area contributed by atoms with Crippen molar-refractivity contribution in [3.8, 4) is 5.75 Å². The molecule has 1 aliphatic heterocycles. The van der Waals surface area contributed by atoms with Crippen molar-refractivity contribution in [2.45, 2.75) is 6.42 Å². The summed E-state index contributed by atoms with van der Waals surface area (Å²) in [6.45, 7) is 2.06. The second-order valence-corrected chi connectivity index (χ2v) is 5.02. The van der Waals surface area contributed by atoms with Gasteiger partial charge < -0.3 is 15.2 Å². The standard InChI is InChI=1S/C12H14BrNO3/c13-9-1-2-10(11(15)5-9)12(16)14-6-8-3-4-17-7-8/h1-2,5,8,15H,3-4,6-7H2,(H,14,16). The average molecular weight is 300 g/mol. The Hall–Kier alpha value is -1.07. The van der Waals surface area contributed by atoms with E-state index >= 15 is 0 Å². The van der Waals surface area contributed by atoms with Crippen LogP contribution in [0.1, 0.15) is 16.8 Å². The minimum Gasteiger partial charge on any atom is -0.507 e. The fourth-order valence-corrected chi connectivity index (χ4v) is 2.12. The molecule has 0 radical (unpaired) electrons. The number of aromatic hydroxyl groups is 1. The molecule has 1 saturated heterocycles. The summed E-state index contributed by atoms with van der Waals surface area (Å²) >= 11 is 3.23. The lowest BCUT2D eigenvalue weighted by atomic mass is 10.1. The van der Waals surface area contributed by atoms with Crippen LogP contribution in [0.15, 0.2) is 22.7 Å². The van der Waals surface area contributed by atoms with Crippen LogP contribution in [0.5, 0.6) is 5.75 Å². The number of halogens is 1. The van der Waals surface area contributed by atoms with E-state index in [1.165, 1.54) is 6.07 Å². The number of hydrogen-bond donors (Lipinski definition) is 2. The summed E-state index contributed by atoms with van der Waals surface area (Å²) < 4.78 is 5.97. The quantitative estimate of drug-likeness (QED) is 0.896. The number of benzene rings is 1. The molecule has 0 bridgehead atoms. The van der Waals surface area contributed by atoms with E-state index in [9.17, 15) is 9.90 Å². The van der Waals surface area contributed by atoms with Crippen LogP contribution in [0, 0.1) is 5.92 Å². The maximum atomic E-state index is 11.8. The van der Waals surface area contributed by atoms with Gasteiger partial charge in [0.05, 0.1) is 12.2 Å². The van der Waals surface area contributed by atoms with Crippen molar-refractivity contribution in [1.82, 2.24) is 5.32 Å². The molecule has 2 N–H and O–H groups in total. The lowest BCUT2D eigenvalue weighted by molar-refractivity contribution is 0.0942. The first kappa shape index (κ1) is 12.4. The van der Waals surface area contributed by atoms with Crippen LogP contribution < -0.4 is 5.32 Å². The Bertz CT molecular complexity index is 416. The highest BCUT2D eigenvalue weighted by Crippen LogP contribution is 2.22. The number of rotatable bonds is 3. The van der Waals surface area contributed by atoms with Gasteiger partial charge in [-0.25, -0.2) is 0 Å². The Morgan fingerprint density at radius 2 is 2.41 bits per heavy atom. The second kappa shape index (κ2) is 5.51. The van der Waals surface area contributed by atoms with E-state index in [1.807, 2.05) is 0 Å². The van der Waals surface area contributed by atoms with E-state index < -0.39 is 0 Å². The van der Waals surface area contributed by atoms with E-state index in [0.717, 1.165) is 17.5 Å². The molecule has 17 heavy (non-hydrogen) atoms. The minimum absolute atomic E-state index is 0.0143. The van der Waals surface area contributed by atoms with E-state index in [2.05, 4.69) is 21.2 Å². The van der Waals surface area contributed by atoms with Gasteiger partial charge in [-0.15, -0.1) is 0 Å². The van der Waals surface area contributed by atoms with Gasteiger partial charge >= 0.3 is 0 Å². The molecule has 1 amide bonds. The molecule has 4 nitrogen and oxygen atoms in total. The lowest BCUT2D eigenvalue weighted by Crippen LogP contribution is -2.29. The van der Waals surface area contributed by atoms with Gasteiger partial charge in [0.2, 0.25) is 0 Å². The van der Waals surface area contributed by atoms with E-state index in [4.69, 9.17) is 4.74 Å². The van der Waals surface area contributed by atoms with Crippen molar-refractivity contribution in [2.75, 3.05) is 19.8 Å². The van der Waals surface area contributed by atoms with Gasteiger partial charge in [-0.3, -0.25) is 4.79 Å². The topological polar surface area (TPSA) is 58.6 Å². The van der Waals surface area contributed by atoms with E-state index in [-0.39, 0.29) is 11.7 Å². The van der Waals surface area contributed by atoms with Crippen LogP contribution in [0.2, 0.25) is 0 Å². The van der Waals surface area contributed by atoms with Crippen molar-refractivity contribution in [3.63, 3.8) is 0 Å². The summed E-state index contributed by atoms with van der Waals surface area (Å²) in [5.41, 5.74) is 0.298. The summed E-state index contributed by atoms with van der Waals surface area (Å²) in [5, 5.41) is 12.4. The van der Waals surface area contributed by atoms with Crippen LogP contribution >= 0.6 is 15.9 Å². The first-order valence-corrected chi connectivity index (χ1v) is 6.30. The maximum Gasteiger partial charge on any atom is 0.255 e. The van der Waals surface area contributed by atoms with Crippen molar-refractivity contribution in [1.29, 1.82) is 0 Å². The van der Waals surface area contributed by atoms with Crippen molar-refractivity contribution >= 4 is 21.8 Å². The Labute approximate surface area is 108 Å². The number of phenolic OH excluding ortho intramolecular Hbond substituents is 1. The third-order valence-electron chi connectivity index (χ3n) is 2.78. The maximum absolute atomic E-state index is 11.8. The first-order valence-electron chi connectivity index (χ1n) is 5.51. The van der Waals surface area contributed by atoms with Crippen molar-refractivity contribution in [2.24, 2.45) is 5.92 Å². The van der Waals surface area contributed by atoms with E-state index in [0.29, 0.717) is 24.6 Å². The minimum atomic E-state index is -0.248. The SMILES string of the molecule is O=C(NCC1CCOC1)c1ccc(Br)cc1O. The molecule has 1 aliphatic rings. The molecule has 1 fully saturated rings. The first-order chi connectivity index (χ1) is 8.16. The van der Waals surface area contributed by atoms with Crippen molar-refractivity contribution < 1.29 is 14.6 Å². The number of phenols is 1. The molecular formula is C12H14BrNO3. The highest BCUT2D eigenvalue weighted by molar-refractivity contribution is 9.10. The summed E-state index contributed by atoms with van der Waals surface area (Å²) in [5.74, 6) is 0.123. The molecule has 2 rings (SSSR count). The number of carbonyl (C=O) groups excluding carboxylic acids is 1. The predicted octanol–water partition coefficient (Wildman–Crippen LogP) is 1.92. The fourth-order valence-electron chi connectivity index (χ4n) is 1.77. The fraction of sp³-hybridized carbons (Fsp3) is 0.417. The molecule has 5 heteroatoms. The number of carbonyl (C=O) groups is 1. The Morgan fingerprint density at radius 1 is 1.59 bits per heavy atom. The molecule has 1 aromatic carbocycles. The van der Waals surface area contributed by atoms with Crippen LogP contribution in [0.3, 0.4) is 0 Å². The Morgan fingerprint density at radius 3 is 3.06 bits per heavy atom. The zero-order chi connectivity index (χ0) is 12.3. The normalized spacial score (nSPS) is 19.2. The lowest BCUT2D eigenvalue weighted by Gasteiger charge is -2.10. The van der Waals surface area contributed by atoms with Crippen LogP contribution in [0.4, 0.5) is 0 Å². The molecular weight excluding hydrogens is 286 g/mol. The molecule has 0 aromatic heterocycles. The van der Waals surface area contributed by atoms with Crippen LogP contribution in [-0.2, 0) is 4.74 Å². The largest absolute Gasteiger partial charge is 0.507 e. The summed E-state index contributed by atoms with van der Waals surface area (Å²) in [6.07, 6.45) is 0.979. The number of hydrogen-bond acceptors (Lipinski definition) is 3. The van der Waals surface area contributed by atoms with Crippen LogP contribution in [-0.4, -0.2) is 30.8 Å². The highest BCUT2D eigenvalue weighted by atomic mass is 79.9. The molecule has 1 heterocycles. The van der Waals surface area contributed by atoms with Gasteiger partial charge in [0.25, 0.3) is 5.91 Å². The third kappa shape index (κ3) is 3.20. The number of nitrogens with one attached hydrogen (secondary N) is 1. The Balaban J connectivity index is 1.94. The van der Waals surface area contributed by atoms with Gasteiger partial charge in [-0.05, 0) is 24.6 Å². The molecule has 1 aromatic rings. The van der Waals surface area contributed by atoms with E-state index in [1.54, 1.807) is 12.1 Å². The van der Waals surface area contributed by atoms with Gasteiger partial charge in [-0.2, -0.15) is 0 Å². The summed E-state index contributed by atoms with van der Waals surface area (Å²) in [7, 11) is 0. The third-order valence-corrected chi connectivity index (χ3v) is 3.27. The molecule has 0 aliphatic carbocycles. The summed E-state index contributed by atoms with van der Waals surface area (Å²) in [6, 6.07) is 4.83. The zero-order valence-corrected chi connectivity index (χ0v) is 10.9. The molecule has 1 atom stereocenters.